The van der Waals surface area contributed by atoms with Crippen LogP contribution in [0.4, 0.5) is 13.2 Å². The first-order valence-electron chi connectivity index (χ1n) is 2.35. The van der Waals surface area contributed by atoms with E-state index < -0.39 is 19.0 Å². The van der Waals surface area contributed by atoms with Gasteiger partial charge in [-0.2, -0.15) is 0 Å². The van der Waals surface area contributed by atoms with Crippen LogP contribution >= 0.6 is 0 Å². The molecule has 1 radical (unpaired) electrons. The first kappa shape index (κ1) is 7.79. The van der Waals surface area contributed by atoms with Gasteiger partial charge in [-0.1, -0.05) is 0 Å². The van der Waals surface area contributed by atoms with Crippen LogP contribution in [-0.4, -0.2) is 12.6 Å². The first-order valence-corrected chi connectivity index (χ1v) is 2.35. The monoisotopic (exact) mass is 125 g/mol. The highest BCUT2D eigenvalue weighted by Crippen LogP contribution is 2.17. The van der Waals surface area contributed by atoms with Crippen molar-refractivity contribution < 1.29 is 13.2 Å². The molecule has 49 valence electrons. The minimum absolute atomic E-state index is 0.101. The summed E-state index contributed by atoms with van der Waals surface area (Å²) in [7, 11) is 0. The molecule has 0 aromatic rings. The molecule has 0 nitrogen and oxygen atoms in total. The first-order chi connectivity index (χ1) is 3.56. The number of halogens is 3. The Morgan fingerprint density at radius 1 is 1.38 bits per heavy atom. The molecule has 0 fully saturated rings. The standard InChI is InChI=1S/C5H8F3/c1-5(7,8)3-2-4-6/h1-4H2. The van der Waals surface area contributed by atoms with Crippen LogP contribution in [0.1, 0.15) is 12.8 Å². The van der Waals surface area contributed by atoms with E-state index in [1.807, 2.05) is 0 Å². The number of hydrogen-bond donors (Lipinski definition) is 0. The van der Waals surface area contributed by atoms with E-state index in [0.29, 0.717) is 0 Å². The summed E-state index contributed by atoms with van der Waals surface area (Å²) in [5.41, 5.74) is 0. The van der Waals surface area contributed by atoms with Crippen LogP contribution in [0.25, 0.3) is 0 Å². The van der Waals surface area contributed by atoms with Gasteiger partial charge < -0.3 is 0 Å². The molecule has 0 atom stereocenters. The van der Waals surface area contributed by atoms with Gasteiger partial charge in [-0.05, 0) is 6.42 Å². The van der Waals surface area contributed by atoms with Crippen LogP contribution in [-0.2, 0) is 0 Å². The second kappa shape index (κ2) is 2.95. The molecule has 0 saturated heterocycles. The van der Waals surface area contributed by atoms with Gasteiger partial charge in [0.1, 0.15) is 0 Å². The number of hydrogen-bond acceptors (Lipinski definition) is 0. The fourth-order valence-corrected chi connectivity index (χ4v) is 0.325. The second-order valence-electron chi connectivity index (χ2n) is 1.65. The van der Waals surface area contributed by atoms with E-state index in [0.717, 1.165) is 0 Å². The number of alkyl halides is 3. The summed E-state index contributed by atoms with van der Waals surface area (Å²) in [6, 6.07) is 0. The van der Waals surface area contributed by atoms with Crippen LogP contribution in [0.15, 0.2) is 0 Å². The fraction of sp³-hybridized carbons (Fsp3) is 0.800. The van der Waals surface area contributed by atoms with Gasteiger partial charge in [-0.3, -0.25) is 4.39 Å². The Morgan fingerprint density at radius 3 is 2.00 bits per heavy atom. The van der Waals surface area contributed by atoms with Crippen molar-refractivity contribution in [1.82, 2.24) is 0 Å². The molecule has 0 spiro atoms. The molecule has 0 aliphatic heterocycles. The van der Waals surface area contributed by atoms with E-state index in [4.69, 9.17) is 0 Å². The van der Waals surface area contributed by atoms with Crippen molar-refractivity contribution in [2.45, 2.75) is 18.8 Å². The molecule has 0 unspecified atom stereocenters. The Labute approximate surface area is 46.7 Å². The summed E-state index contributed by atoms with van der Waals surface area (Å²) in [5, 5.41) is 0. The third-order valence-corrected chi connectivity index (χ3v) is 0.676. The lowest BCUT2D eigenvalue weighted by Crippen LogP contribution is -2.09. The average molecular weight is 125 g/mol. The molecular formula is C5H8F3. The van der Waals surface area contributed by atoms with Gasteiger partial charge in [0.05, 0.1) is 6.67 Å². The van der Waals surface area contributed by atoms with Crippen LogP contribution in [0.3, 0.4) is 0 Å². The summed E-state index contributed by atoms with van der Waals surface area (Å²) < 4.78 is 34.4. The maximum Gasteiger partial charge on any atom is 0.248 e. The lowest BCUT2D eigenvalue weighted by Gasteiger charge is -2.05. The smallest absolute Gasteiger partial charge is 0.248 e. The molecule has 0 saturated carbocycles. The van der Waals surface area contributed by atoms with E-state index in [2.05, 4.69) is 6.92 Å². The van der Waals surface area contributed by atoms with Crippen molar-refractivity contribution in [1.29, 1.82) is 0 Å². The molecule has 0 aromatic heterocycles. The van der Waals surface area contributed by atoms with Gasteiger partial charge in [-0.15, -0.1) is 0 Å². The van der Waals surface area contributed by atoms with E-state index in [1.54, 1.807) is 0 Å². The minimum atomic E-state index is -2.94. The summed E-state index contributed by atoms with van der Waals surface area (Å²) in [5.74, 6) is -2.94. The topological polar surface area (TPSA) is 0 Å². The molecule has 0 bridgehead atoms. The Kier molecular flexibility index (Phi) is 2.87. The van der Waals surface area contributed by atoms with Gasteiger partial charge in [0.2, 0.25) is 5.92 Å². The van der Waals surface area contributed by atoms with Gasteiger partial charge in [0, 0.05) is 13.3 Å². The van der Waals surface area contributed by atoms with Crippen LogP contribution < -0.4 is 0 Å². The lowest BCUT2D eigenvalue weighted by molar-refractivity contribution is 0.0383. The van der Waals surface area contributed by atoms with Crippen molar-refractivity contribution in [2.75, 3.05) is 6.67 Å². The molecule has 0 heterocycles. The molecule has 0 rings (SSSR count). The third kappa shape index (κ3) is 5.79. The predicted molar refractivity (Wildman–Crippen MR) is 25.5 cm³/mol. The van der Waals surface area contributed by atoms with E-state index in [-0.39, 0.29) is 6.42 Å². The van der Waals surface area contributed by atoms with Crippen molar-refractivity contribution >= 4 is 0 Å². The van der Waals surface area contributed by atoms with Gasteiger partial charge in [0.15, 0.2) is 0 Å². The molecule has 0 amide bonds. The van der Waals surface area contributed by atoms with Gasteiger partial charge in [-0.25, -0.2) is 8.78 Å². The normalized spacial score (nSPS) is 12.0. The summed E-state index contributed by atoms with van der Waals surface area (Å²) in [6.07, 6.45) is -0.556. The van der Waals surface area contributed by atoms with Crippen LogP contribution in [0.2, 0.25) is 0 Å². The molecule has 0 aromatic carbocycles. The maximum atomic E-state index is 11.6. The van der Waals surface area contributed by atoms with Gasteiger partial charge in [0.25, 0.3) is 0 Å². The summed E-state index contributed by atoms with van der Waals surface area (Å²) >= 11 is 0. The minimum Gasteiger partial charge on any atom is -0.251 e. The largest absolute Gasteiger partial charge is 0.251 e. The Bertz CT molecular complexity index is 55.2. The molecule has 8 heavy (non-hydrogen) atoms. The lowest BCUT2D eigenvalue weighted by atomic mass is 10.2. The van der Waals surface area contributed by atoms with Crippen LogP contribution in [0, 0.1) is 6.92 Å². The zero-order chi connectivity index (χ0) is 6.62. The Morgan fingerprint density at radius 2 is 1.88 bits per heavy atom. The van der Waals surface area contributed by atoms with E-state index >= 15 is 0 Å². The molecule has 0 N–H and O–H groups in total. The van der Waals surface area contributed by atoms with Gasteiger partial charge >= 0.3 is 0 Å². The summed E-state index contributed by atoms with van der Waals surface area (Å²) in [6.45, 7) is 1.82. The highest BCUT2D eigenvalue weighted by atomic mass is 19.3. The zero-order valence-corrected chi connectivity index (χ0v) is 4.46. The predicted octanol–water partition coefficient (Wildman–Crippen LogP) is 2.21. The Hall–Kier alpha value is -0.210. The number of rotatable bonds is 3. The SMILES string of the molecule is [CH2]C(F)(F)CCCF. The van der Waals surface area contributed by atoms with E-state index in [1.165, 1.54) is 0 Å². The highest BCUT2D eigenvalue weighted by molar-refractivity contribution is 4.66. The quantitative estimate of drug-likeness (QED) is 0.542. The maximum absolute atomic E-state index is 11.6. The van der Waals surface area contributed by atoms with Crippen molar-refractivity contribution in [2.24, 2.45) is 0 Å². The highest BCUT2D eigenvalue weighted by Gasteiger charge is 2.19. The summed E-state index contributed by atoms with van der Waals surface area (Å²) in [4.78, 5) is 0. The second-order valence-corrected chi connectivity index (χ2v) is 1.65. The van der Waals surface area contributed by atoms with Crippen LogP contribution in [0.5, 0.6) is 0 Å². The third-order valence-electron chi connectivity index (χ3n) is 0.676. The molecular weight excluding hydrogens is 117 g/mol. The molecule has 3 heteroatoms. The fourth-order valence-electron chi connectivity index (χ4n) is 0.325. The zero-order valence-electron chi connectivity index (χ0n) is 4.46. The van der Waals surface area contributed by atoms with Crippen molar-refractivity contribution in [3.8, 4) is 0 Å². The van der Waals surface area contributed by atoms with Crippen molar-refractivity contribution in [3.05, 3.63) is 6.92 Å². The Balaban J connectivity index is 3.11. The van der Waals surface area contributed by atoms with Crippen molar-refractivity contribution in [3.63, 3.8) is 0 Å². The molecule has 0 aliphatic rings. The molecule has 0 aliphatic carbocycles. The average Bonchev–Trinajstić information content (AvgIpc) is 1.59. The van der Waals surface area contributed by atoms with E-state index in [9.17, 15) is 13.2 Å².